The zero-order chi connectivity index (χ0) is 31.2. The fourth-order valence-corrected chi connectivity index (χ4v) is 4.93. The number of amides is 1. The normalized spacial score (nSPS) is 11.3. The zero-order valence-electron chi connectivity index (χ0n) is 25.6. The van der Waals surface area contributed by atoms with Crippen molar-refractivity contribution in [3.8, 4) is 22.9 Å². The van der Waals surface area contributed by atoms with Crippen molar-refractivity contribution in [2.45, 2.75) is 40.5 Å². The van der Waals surface area contributed by atoms with Crippen LogP contribution in [-0.4, -0.2) is 35.0 Å². The molecule has 1 N–H and O–H groups in total. The zero-order valence-corrected chi connectivity index (χ0v) is 25.6. The molecule has 0 aliphatic heterocycles. The number of hydrogen-bond acceptors (Lipinski definition) is 6. The summed E-state index contributed by atoms with van der Waals surface area (Å²) in [5, 5.41) is 7.97. The van der Waals surface area contributed by atoms with E-state index < -0.39 is 0 Å². The first-order chi connectivity index (χ1) is 21.2. The van der Waals surface area contributed by atoms with Gasteiger partial charge in [-0.2, -0.15) is 9.78 Å². The quantitative estimate of drug-likeness (QED) is 0.176. The molecule has 1 aromatic heterocycles. The lowest BCUT2D eigenvalue weighted by atomic mass is 9.96. The Morgan fingerprint density at radius 2 is 1.73 bits per heavy atom. The van der Waals surface area contributed by atoms with Gasteiger partial charge >= 0.3 is 0 Å². The Kier molecular flexibility index (Phi) is 9.19. The molecule has 1 amide bonds. The van der Waals surface area contributed by atoms with Crippen molar-refractivity contribution in [1.82, 2.24) is 9.66 Å². The first-order valence-corrected chi connectivity index (χ1v) is 14.7. The van der Waals surface area contributed by atoms with E-state index in [1.165, 1.54) is 4.68 Å². The van der Waals surface area contributed by atoms with Crippen LogP contribution in [0.15, 0.2) is 94.8 Å². The molecular formula is C36H36N4O4. The molecule has 0 atom stereocenters. The highest BCUT2D eigenvalue weighted by molar-refractivity contribution is 5.92. The van der Waals surface area contributed by atoms with Gasteiger partial charge in [0.1, 0.15) is 11.5 Å². The van der Waals surface area contributed by atoms with Gasteiger partial charge in [-0.25, -0.2) is 4.98 Å². The third-order valence-corrected chi connectivity index (χ3v) is 7.24. The predicted molar refractivity (Wildman–Crippen MR) is 176 cm³/mol. The Bertz CT molecular complexity index is 1910. The van der Waals surface area contributed by atoms with Gasteiger partial charge < -0.3 is 14.8 Å². The summed E-state index contributed by atoms with van der Waals surface area (Å²) in [5.74, 6) is 1.70. The predicted octanol–water partition coefficient (Wildman–Crippen LogP) is 7.10. The maximum Gasteiger partial charge on any atom is 0.282 e. The Morgan fingerprint density at radius 3 is 2.50 bits per heavy atom. The molecule has 0 radical (unpaired) electrons. The van der Waals surface area contributed by atoms with Crippen LogP contribution in [-0.2, 0) is 4.79 Å². The van der Waals surface area contributed by atoms with Gasteiger partial charge in [0, 0.05) is 11.3 Å². The van der Waals surface area contributed by atoms with Gasteiger partial charge in [0.2, 0.25) is 0 Å². The van der Waals surface area contributed by atoms with E-state index in [2.05, 4.69) is 24.3 Å². The molecule has 4 aromatic carbocycles. The van der Waals surface area contributed by atoms with E-state index in [4.69, 9.17) is 14.5 Å². The van der Waals surface area contributed by atoms with Gasteiger partial charge in [-0.1, -0.05) is 56.3 Å². The molecule has 0 fully saturated rings. The second-order valence-corrected chi connectivity index (χ2v) is 10.8. The molecule has 5 rings (SSSR count). The van der Waals surface area contributed by atoms with Crippen molar-refractivity contribution in [3.63, 3.8) is 0 Å². The minimum atomic E-state index is -0.276. The van der Waals surface area contributed by atoms with Crippen LogP contribution in [0.1, 0.15) is 48.9 Å². The smallest absolute Gasteiger partial charge is 0.282 e. The van der Waals surface area contributed by atoms with E-state index in [-0.39, 0.29) is 24.0 Å². The fourth-order valence-electron chi connectivity index (χ4n) is 4.93. The van der Waals surface area contributed by atoms with Gasteiger partial charge in [0.15, 0.2) is 12.4 Å². The number of carbonyl (C=O) groups excluding carboxylic acids is 1. The van der Waals surface area contributed by atoms with Crippen LogP contribution in [0.5, 0.6) is 11.5 Å². The third kappa shape index (κ3) is 6.70. The highest BCUT2D eigenvalue weighted by atomic mass is 16.5. The number of aryl methyl sites for hydroxylation is 2. The van der Waals surface area contributed by atoms with Crippen molar-refractivity contribution in [2.24, 2.45) is 5.10 Å². The number of ether oxygens (including phenoxy) is 2. The number of para-hydroxylation sites is 2. The summed E-state index contributed by atoms with van der Waals surface area (Å²) >= 11 is 0. The number of anilines is 1. The molecule has 44 heavy (non-hydrogen) atoms. The van der Waals surface area contributed by atoms with Gasteiger partial charge in [-0.3, -0.25) is 9.59 Å². The minimum absolute atomic E-state index is 0.150. The number of carbonyl (C=O) groups is 1. The van der Waals surface area contributed by atoms with Crippen molar-refractivity contribution in [1.29, 1.82) is 0 Å². The molecule has 0 saturated carbocycles. The topological polar surface area (TPSA) is 94.8 Å². The third-order valence-electron chi connectivity index (χ3n) is 7.24. The van der Waals surface area contributed by atoms with Gasteiger partial charge in [0.25, 0.3) is 11.5 Å². The van der Waals surface area contributed by atoms with Crippen molar-refractivity contribution in [3.05, 3.63) is 118 Å². The maximum atomic E-state index is 13.8. The van der Waals surface area contributed by atoms with Crippen LogP contribution >= 0.6 is 0 Å². The largest absolute Gasteiger partial charge is 0.494 e. The summed E-state index contributed by atoms with van der Waals surface area (Å²) in [6.07, 6.45) is 1.59. The molecule has 0 bridgehead atoms. The lowest BCUT2D eigenvalue weighted by Gasteiger charge is -2.18. The Balaban J connectivity index is 1.47. The molecule has 8 heteroatoms. The summed E-state index contributed by atoms with van der Waals surface area (Å²) in [7, 11) is 0. The van der Waals surface area contributed by atoms with Crippen LogP contribution in [0.4, 0.5) is 5.69 Å². The SMILES string of the molecule is CCOc1cc(C)c(-c2nc3ccccc3c(=O)n2N=Cc2cccc(OCC(=O)Nc3ccccc3C)c2)cc1C(C)C. The Morgan fingerprint density at radius 1 is 0.955 bits per heavy atom. The van der Waals surface area contributed by atoms with E-state index in [0.29, 0.717) is 34.6 Å². The van der Waals surface area contributed by atoms with Crippen molar-refractivity contribution >= 4 is 28.7 Å². The average Bonchev–Trinajstić information content (AvgIpc) is 3.01. The Hall–Kier alpha value is -5.24. The fraction of sp³-hybridized carbons (Fsp3) is 0.222. The lowest BCUT2D eigenvalue weighted by Crippen LogP contribution is -2.21. The van der Waals surface area contributed by atoms with Crippen LogP contribution < -0.4 is 20.3 Å². The summed E-state index contributed by atoms with van der Waals surface area (Å²) in [6, 6.07) is 26.1. The minimum Gasteiger partial charge on any atom is -0.494 e. The van der Waals surface area contributed by atoms with Gasteiger partial charge in [-0.05, 0) is 91.4 Å². The molecule has 224 valence electrons. The highest BCUT2D eigenvalue weighted by Crippen LogP contribution is 2.34. The highest BCUT2D eigenvalue weighted by Gasteiger charge is 2.18. The first-order valence-electron chi connectivity index (χ1n) is 14.7. The molecular weight excluding hydrogens is 552 g/mol. The molecule has 5 aromatic rings. The molecule has 0 spiro atoms. The summed E-state index contributed by atoms with van der Waals surface area (Å²) in [5.41, 5.74) is 5.48. The second-order valence-electron chi connectivity index (χ2n) is 10.8. The number of nitrogens with one attached hydrogen (secondary N) is 1. The lowest BCUT2D eigenvalue weighted by molar-refractivity contribution is -0.118. The van der Waals surface area contributed by atoms with E-state index in [1.54, 1.807) is 24.4 Å². The number of benzene rings is 4. The maximum absolute atomic E-state index is 13.8. The Labute approximate surface area is 257 Å². The van der Waals surface area contributed by atoms with Crippen LogP contribution in [0.3, 0.4) is 0 Å². The average molecular weight is 589 g/mol. The molecule has 0 saturated heterocycles. The summed E-state index contributed by atoms with van der Waals surface area (Å²) in [4.78, 5) is 31.2. The number of hydrogen-bond donors (Lipinski definition) is 1. The van der Waals surface area contributed by atoms with E-state index >= 15 is 0 Å². The number of fused-ring (bicyclic) bond motifs is 1. The summed E-state index contributed by atoms with van der Waals surface area (Å²) in [6.45, 7) is 10.5. The summed E-state index contributed by atoms with van der Waals surface area (Å²) < 4.78 is 13.0. The monoisotopic (exact) mass is 588 g/mol. The number of nitrogens with zero attached hydrogens (tertiary/aromatic N) is 3. The van der Waals surface area contributed by atoms with Crippen LogP contribution in [0, 0.1) is 13.8 Å². The van der Waals surface area contributed by atoms with Crippen LogP contribution in [0.2, 0.25) is 0 Å². The molecule has 0 aliphatic carbocycles. The second kappa shape index (κ2) is 13.4. The van der Waals surface area contributed by atoms with Crippen molar-refractivity contribution in [2.75, 3.05) is 18.5 Å². The van der Waals surface area contributed by atoms with E-state index in [1.807, 2.05) is 87.5 Å². The van der Waals surface area contributed by atoms with E-state index in [9.17, 15) is 9.59 Å². The molecule has 0 unspecified atom stereocenters. The molecule has 1 heterocycles. The van der Waals surface area contributed by atoms with Gasteiger partial charge in [0.05, 0.1) is 23.7 Å². The van der Waals surface area contributed by atoms with Gasteiger partial charge in [-0.15, -0.1) is 0 Å². The van der Waals surface area contributed by atoms with E-state index in [0.717, 1.165) is 33.7 Å². The molecule has 8 nitrogen and oxygen atoms in total. The first kappa shape index (κ1) is 30.2. The van der Waals surface area contributed by atoms with Crippen LogP contribution in [0.25, 0.3) is 22.3 Å². The molecule has 0 aliphatic rings. The van der Waals surface area contributed by atoms with Crippen molar-refractivity contribution < 1.29 is 14.3 Å². The number of rotatable bonds is 10. The standard InChI is InChI=1S/C36H36N4O4/c1-6-43-33-18-25(5)30(20-29(33)23(2)3)35-39-32-17-10-8-15-28(32)36(42)40(35)37-21-26-13-11-14-27(19-26)44-22-34(41)38-31-16-9-7-12-24(31)4/h7-21,23H,6,22H2,1-5H3,(H,38,41). The number of aromatic nitrogens is 2.